The number of carbonyl (C=O) groups excluding carboxylic acids is 2. The van der Waals surface area contributed by atoms with E-state index in [1.807, 2.05) is 44.0 Å². The van der Waals surface area contributed by atoms with Crippen molar-refractivity contribution >= 4 is 11.9 Å². The highest BCUT2D eigenvalue weighted by Gasteiger charge is 2.49. The molecule has 0 N–H and O–H groups in total. The largest absolute Gasteiger partial charge is 0.327 e. The first-order valence-corrected chi connectivity index (χ1v) is 7.50. The fourth-order valence-corrected chi connectivity index (χ4v) is 3.56. The van der Waals surface area contributed by atoms with Crippen molar-refractivity contribution in [3.63, 3.8) is 0 Å². The Labute approximate surface area is 125 Å². The first-order chi connectivity index (χ1) is 10.1. The SMILES string of the molecule is CCN1C(=O)C2C(c3ccccc3CN2C)N(CC)C1=O. The van der Waals surface area contributed by atoms with E-state index in [-0.39, 0.29) is 24.0 Å². The summed E-state index contributed by atoms with van der Waals surface area (Å²) in [5.41, 5.74) is 2.31. The fourth-order valence-electron chi connectivity index (χ4n) is 3.56. The second-order valence-corrected chi connectivity index (χ2v) is 5.65. The Morgan fingerprint density at radius 2 is 1.81 bits per heavy atom. The molecule has 1 saturated heterocycles. The molecule has 3 rings (SSSR count). The molecule has 0 bridgehead atoms. The average molecular weight is 287 g/mol. The fraction of sp³-hybridized carbons (Fsp3) is 0.500. The number of hydrogen-bond acceptors (Lipinski definition) is 3. The Morgan fingerprint density at radius 3 is 2.48 bits per heavy atom. The van der Waals surface area contributed by atoms with Gasteiger partial charge in [-0.2, -0.15) is 0 Å². The number of imide groups is 1. The summed E-state index contributed by atoms with van der Waals surface area (Å²) in [7, 11) is 1.96. The van der Waals surface area contributed by atoms with E-state index in [1.54, 1.807) is 0 Å². The van der Waals surface area contributed by atoms with Gasteiger partial charge in [0.25, 0.3) is 0 Å². The zero-order valence-corrected chi connectivity index (χ0v) is 12.7. The van der Waals surface area contributed by atoms with Gasteiger partial charge < -0.3 is 4.90 Å². The van der Waals surface area contributed by atoms with Gasteiger partial charge in [-0.1, -0.05) is 24.3 Å². The normalized spacial score (nSPS) is 25.9. The molecule has 5 nitrogen and oxygen atoms in total. The molecule has 2 unspecified atom stereocenters. The molecule has 1 aromatic carbocycles. The molecule has 2 aliphatic rings. The molecular formula is C16H21N3O2. The molecule has 3 amide bonds. The zero-order valence-electron chi connectivity index (χ0n) is 12.7. The van der Waals surface area contributed by atoms with Gasteiger partial charge in [-0.05, 0) is 32.0 Å². The third kappa shape index (κ3) is 1.95. The summed E-state index contributed by atoms with van der Waals surface area (Å²) in [5.74, 6) is -0.0748. The Balaban J connectivity index is 2.13. The molecule has 1 aromatic rings. The van der Waals surface area contributed by atoms with Crippen LogP contribution in [0.5, 0.6) is 0 Å². The number of urea groups is 1. The molecule has 0 spiro atoms. The molecule has 0 radical (unpaired) electrons. The average Bonchev–Trinajstić information content (AvgIpc) is 2.47. The van der Waals surface area contributed by atoms with Gasteiger partial charge in [0.15, 0.2) is 0 Å². The minimum Gasteiger partial charge on any atom is -0.315 e. The first-order valence-electron chi connectivity index (χ1n) is 7.50. The Morgan fingerprint density at radius 1 is 1.10 bits per heavy atom. The van der Waals surface area contributed by atoms with Crippen LogP contribution >= 0.6 is 0 Å². The molecule has 0 aromatic heterocycles. The van der Waals surface area contributed by atoms with E-state index in [1.165, 1.54) is 10.5 Å². The van der Waals surface area contributed by atoms with E-state index in [0.29, 0.717) is 13.1 Å². The topological polar surface area (TPSA) is 43.9 Å². The smallest absolute Gasteiger partial charge is 0.315 e. The third-order valence-electron chi connectivity index (χ3n) is 4.56. The summed E-state index contributed by atoms with van der Waals surface area (Å²) >= 11 is 0. The highest BCUT2D eigenvalue weighted by atomic mass is 16.2. The quantitative estimate of drug-likeness (QED) is 0.834. The maximum Gasteiger partial charge on any atom is 0.327 e. The molecule has 21 heavy (non-hydrogen) atoms. The van der Waals surface area contributed by atoms with Crippen LogP contribution in [0, 0.1) is 0 Å². The van der Waals surface area contributed by atoms with E-state index in [9.17, 15) is 9.59 Å². The van der Waals surface area contributed by atoms with Crippen LogP contribution in [-0.4, -0.2) is 52.8 Å². The van der Waals surface area contributed by atoms with Gasteiger partial charge in [-0.25, -0.2) is 4.79 Å². The maximum absolute atomic E-state index is 12.7. The van der Waals surface area contributed by atoms with Gasteiger partial charge in [0.2, 0.25) is 5.91 Å². The minimum absolute atomic E-state index is 0.0748. The number of hydrogen-bond donors (Lipinski definition) is 0. The number of fused-ring (bicyclic) bond motifs is 3. The van der Waals surface area contributed by atoms with Crippen molar-refractivity contribution in [2.75, 3.05) is 20.1 Å². The van der Waals surface area contributed by atoms with Crippen molar-refractivity contribution in [1.29, 1.82) is 0 Å². The Bertz CT molecular complexity index is 587. The number of nitrogens with zero attached hydrogens (tertiary/aromatic N) is 3. The van der Waals surface area contributed by atoms with E-state index in [0.717, 1.165) is 12.1 Å². The van der Waals surface area contributed by atoms with Gasteiger partial charge in [0, 0.05) is 19.6 Å². The molecule has 2 aliphatic heterocycles. The summed E-state index contributed by atoms with van der Waals surface area (Å²) in [6.07, 6.45) is 0. The van der Waals surface area contributed by atoms with Crippen LogP contribution in [0.2, 0.25) is 0 Å². The lowest BCUT2D eigenvalue weighted by molar-refractivity contribution is -0.141. The van der Waals surface area contributed by atoms with Crippen molar-refractivity contribution in [3.8, 4) is 0 Å². The van der Waals surface area contributed by atoms with Gasteiger partial charge in [0.05, 0.1) is 6.04 Å². The number of amides is 3. The Kier molecular flexibility index (Phi) is 3.45. The summed E-state index contributed by atoms with van der Waals surface area (Å²) < 4.78 is 0. The van der Waals surface area contributed by atoms with Gasteiger partial charge in [-0.15, -0.1) is 0 Å². The predicted molar refractivity (Wildman–Crippen MR) is 79.6 cm³/mol. The molecule has 0 aliphatic carbocycles. The second kappa shape index (κ2) is 5.15. The molecule has 2 heterocycles. The molecule has 112 valence electrons. The van der Waals surface area contributed by atoms with Crippen LogP contribution in [0.4, 0.5) is 4.79 Å². The molecule has 2 atom stereocenters. The number of benzene rings is 1. The van der Waals surface area contributed by atoms with Crippen LogP contribution in [0.15, 0.2) is 24.3 Å². The van der Waals surface area contributed by atoms with Crippen LogP contribution in [-0.2, 0) is 11.3 Å². The van der Waals surface area contributed by atoms with E-state index >= 15 is 0 Å². The summed E-state index contributed by atoms with van der Waals surface area (Å²) in [6, 6.07) is 7.49. The second-order valence-electron chi connectivity index (χ2n) is 5.65. The summed E-state index contributed by atoms with van der Waals surface area (Å²) in [5, 5.41) is 0. The lowest BCUT2D eigenvalue weighted by Crippen LogP contribution is -2.65. The van der Waals surface area contributed by atoms with E-state index < -0.39 is 0 Å². The third-order valence-corrected chi connectivity index (χ3v) is 4.56. The molecular weight excluding hydrogens is 266 g/mol. The van der Waals surface area contributed by atoms with Crippen LogP contribution in [0.3, 0.4) is 0 Å². The van der Waals surface area contributed by atoms with Gasteiger partial charge >= 0.3 is 6.03 Å². The maximum atomic E-state index is 12.7. The first kappa shape index (κ1) is 14.1. The van der Waals surface area contributed by atoms with Gasteiger partial charge in [0.1, 0.15) is 6.04 Å². The van der Waals surface area contributed by atoms with Gasteiger partial charge in [-0.3, -0.25) is 14.6 Å². The summed E-state index contributed by atoms with van der Waals surface area (Å²) in [6.45, 7) is 5.59. The zero-order chi connectivity index (χ0) is 15.1. The van der Waals surface area contributed by atoms with Crippen molar-refractivity contribution in [1.82, 2.24) is 14.7 Å². The number of likely N-dealkylation sites (N-methyl/N-ethyl adjacent to an activating group) is 3. The standard InChI is InChI=1S/C16H21N3O2/c1-4-18-13-12-9-7-6-8-11(12)10-17(3)14(13)15(20)19(5-2)16(18)21/h6-9,13-14H,4-5,10H2,1-3H3. The van der Waals surface area contributed by atoms with Crippen molar-refractivity contribution < 1.29 is 9.59 Å². The lowest BCUT2D eigenvalue weighted by Gasteiger charge is -2.50. The van der Waals surface area contributed by atoms with Crippen LogP contribution in [0.25, 0.3) is 0 Å². The molecule has 0 saturated carbocycles. The minimum atomic E-state index is -0.280. The molecule has 5 heteroatoms. The van der Waals surface area contributed by atoms with E-state index in [2.05, 4.69) is 11.0 Å². The van der Waals surface area contributed by atoms with Crippen molar-refractivity contribution in [2.24, 2.45) is 0 Å². The number of rotatable bonds is 2. The Hall–Kier alpha value is -1.88. The predicted octanol–water partition coefficient (Wildman–Crippen LogP) is 1.85. The lowest BCUT2D eigenvalue weighted by atomic mass is 9.86. The number of carbonyl (C=O) groups is 2. The van der Waals surface area contributed by atoms with Crippen LogP contribution in [0.1, 0.15) is 31.0 Å². The van der Waals surface area contributed by atoms with Crippen LogP contribution < -0.4 is 0 Å². The summed E-state index contributed by atoms with van der Waals surface area (Å²) in [4.78, 5) is 30.6. The van der Waals surface area contributed by atoms with E-state index in [4.69, 9.17) is 0 Å². The highest BCUT2D eigenvalue weighted by Crippen LogP contribution is 2.39. The monoisotopic (exact) mass is 287 g/mol. The van der Waals surface area contributed by atoms with Crippen molar-refractivity contribution in [2.45, 2.75) is 32.5 Å². The highest BCUT2D eigenvalue weighted by molar-refractivity contribution is 6.00. The molecule has 1 fully saturated rings. The van der Waals surface area contributed by atoms with Crippen molar-refractivity contribution in [3.05, 3.63) is 35.4 Å².